The van der Waals surface area contributed by atoms with Crippen LogP contribution in [0.4, 0.5) is 0 Å². The van der Waals surface area contributed by atoms with Crippen molar-refractivity contribution < 1.29 is 19.7 Å². The molecule has 1 saturated heterocycles. The second-order valence-corrected chi connectivity index (χ2v) is 13.1. The van der Waals surface area contributed by atoms with Gasteiger partial charge in [0.15, 0.2) is 5.79 Å². The van der Waals surface area contributed by atoms with Crippen LogP contribution in [0.15, 0.2) is 0 Å². The molecular weight excluding hydrogens is 484 g/mol. The van der Waals surface area contributed by atoms with Gasteiger partial charge in [-0.3, -0.25) is 0 Å². The summed E-state index contributed by atoms with van der Waals surface area (Å²) >= 11 is 0. The Morgan fingerprint density at radius 2 is 0.667 bits per heavy atom. The van der Waals surface area contributed by atoms with Gasteiger partial charge in [0.05, 0.1) is 12.2 Å². The zero-order chi connectivity index (χ0) is 28.6. The maximum absolute atomic E-state index is 10.9. The minimum Gasteiger partial charge on any atom is -0.390 e. The van der Waals surface area contributed by atoms with Gasteiger partial charge in [0.1, 0.15) is 12.2 Å². The summed E-state index contributed by atoms with van der Waals surface area (Å²) in [5.74, 6) is -0.746. The Kier molecular flexibility index (Phi) is 23.1. The third kappa shape index (κ3) is 19.6. The van der Waals surface area contributed by atoms with Crippen molar-refractivity contribution in [1.82, 2.24) is 0 Å². The van der Waals surface area contributed by atoms with Gasteiger partial charge in [0, 0.05) is 0 Å². The predicted molar refractivity (Wildman–Crippen MR) is 167 cm³/mol. The minimum absolute atomic E-state index is 0.431. The molecule has 0 bridgehead atoms. The molecule has 4 atom stereocenters. The molecule has 1 aliphatic heterocycles. The predicted octanol–water partition coefficient (Wildman–Crippen LogP) is 10.4. The molecule has 4 nitrogen and oxygen atoms in total. The van der Waals surface area contributed by atoms with E-state index in [-0.39, 0.29) is 0 Å². The summed E-state index contributed by atoms with van der Waals surface area (Å²) in [6.07, 6.45) is 31.0. The van der Waals surface area contributed by atoms with E-state index < -0.39 is 30.2 Å². The molecule has 4 heteroatoms. The van der Waals surface area contributed by atoms with Crippen LogP contribution in [0.2, 0.25) is 0 Å². The van der Waals surface area contributed by atoms with E-state index in [9.17, 15) is 10.2 Å². The van der Waals surface area contributed by atoms with Crippen molar-refractivity contribution >= 4 is 0 Å². The van der Waals surface area contributed by atoms with Crippen LogP contribution in [0.1, 0.15) is 195 Å². The van der Waals surface area contributed by atoms with Crippen LogP contribution >= 0.6 is 0 Å². The molecule has 0 spiro atoms. The Balaban J connectivity index is 2.12. The Morgan fingerprint density at radius 1 is 0.436 bits per heavy atom. The Bertz CT molecular complexity index is 479. The summed E-state index contributed by atoms with van der Waals surface area (Å²) in [5.41, 5.74) is 0. The van der Waals surface area contributed by atoms with Gasteiger partial charge in [-0.25, -0.2) is 0 Å². The molecule has 0 amide bonds. The summed E-state index contributed by atoms with van der Waals surface area (Å²) in [7, 11) is 0. The van der Waals surface area contributed by atoms with Crippen LogP contribution in [0.5, 0.6) is 0 Å². The number of hydrogen-bond acceptors (Lipinski definition) is 4. The van der Waals surface area contributed by atoms with Crippen LogP contribution in [0.25, 0.3) is 0 Å². The minimum atomic E-state index is -0.746. The maximum atomic E-state index is 10.9. The van der Waals surface area contributed by atoms with Crippen molar-refractivity contribution in [3.8, 4) is 0 Å². The standard InChI is InChI=1S/C35H70O4/c1-5-7-9-11-13-15-17-19-21-23-25-27-29-31(36)33-34(39-35(3,4)38-33)32(37)30-28-26-24-22-20-18-16-14-12-10-8-6-2/h31-34,36-37H,5-30H2,1-4H3/t31-,32-,33-,34-/m1/s1. The molecule has 1 heterocycles. The van der Waals surface area contributed by atoms with Gasteiger partial charge in [-0.1, -0.05) is 168 Å². The van der Waals surface area contributed by atoms with Gasteiger partial charge in [0.2, 0.25) is 0 Å². The van der Waals surface area contributed by atoms with Crippen molar-refractivity contribution in [2.24, 2.45) is 0 Å². The van der Waals surface area contributed by atoms with Gasteiger partial charge in [-0.05, 0) is 26.7 Å². The maximum Gasteiger partial charge on any atom is 0.164 e. The number of rotatable bonds is 28. The highest BCUT2D eigenvalue weighted by molar-refractivity contribution is 4.90. The monoisotopic (exact) mass is 555 g/mol. The molecule has 0 aliphatic carbocycles. The topological polar surface area (TPSA) is 58.9 Å². The molecule has 1 rings (SSSR count). The van der Waals surface area contributed by atoms with Crippen LogP contribution in [0, 0.1) is 0 Å². The SMILES string of the molecule is CCCCCCCCCCCCCC[C@@H](O)[C@H]1OC(C)(C)O[C@@H]1[C@H](O)CCCCCCCCCCCCCC. The van der Waals surface area contributed by atoms with Crippen molar-refractivity contribution in [3.63, 3.8) is 0 Å². The van der Waals surface area contributed by atoms with Crippen molar-refractivity contribution in [2.45, 2.75) is 225 Å². The van der Waals surface area contributed by atoms with Gasteiger partial charge >= 0.3 is 0 Å². The van der Waals surface area contributed by atoms with Crippen molar-refractivity contribution in [3.05, 3.63) is 0 Å². The summed E-state index contributed by atoms with van der Waals surface area (Å²) in [5, 5.41) is 21.8. The fourth-order valence-corrected chi connectivity index (χ4v) is 6.13. The third-order valence-corrected chi connectivity index (χ3v) is 8.63. The Labute approximate surface area is 244 Å². The molecule has 39 heavy (non-hydrogen) atoms. The summed E-state index contributed by atoms with van der Waals surface area (Å²) in [6.45, 7) is 8.34. The largest absolute Gasteiger partial charge is 0.390 e. The van der Waals surface area contributed by atoms with E-state index in [4.69, 9.17) is 9.47 Å². The first-order chi connectivity index (χ1) is 18.9. The molecular formula is C35H70O4. The third-order valence-electron chi connectivity index (χ3n) is 8.63. The van der Waals surface area contributed by atoms with E-state index in [0.29, 0.717) is 0 Å². The number of aliphatic hydroxyl groups excluding tert-OH is 2. The molecule has 0 unspecified atom stereocenters. The number of hydrogen-bond donors (Lipinski definition) is 2. The quantitative estimate of drug-likeness (QED) is 0.0944. The molecule has 1 aliphatic rings. The highest BCUT2D eigenvalue weighted by Crippen LogP contribution is 2.34. The molecule has 0 saturated carbocycles. The Hall–Kier alpha value is -0.160. The first kappa shape index (κ1) is 36.9. The lowest BCUT2D eigenvalue weighted by molar-refractivity contribution is -0.161. The first-order valence-electron chi connectivity index (χ1n) is 17.6. The molecule has 234 valence electrons. The highest BCUT2D eigenvalue weighted by Gasteiger charge is 2.47. The van der Waals surface area contributed by atoms with Crippen LogP contribution in [-0.4, -0.2) is 40.4 Å². The van der Waals surface area contributed by atoms with Crippen LogP contribution in [-0.2, 0) is 9.47 Å². The van der Waals surface area contributed by atoms with Crippen LogP contribution < -0.4 is 0 Å². The average Bonchev–Trinajstić information content (AvgIpc) is 3.25. The lowest BCUT2D eigenvalue weighted by Gasteiger charge is -2.26. The fraction of sp³-hybridized carbons (Fsp3) is 1.00. The van der Waals surface area contributed by atoms with Crippen molar-refractivity contribution in [2.75, 3.05) is 0 Å². The highest BCUT2D eigenvalue weighted by atomic mass is 16.8. The summed E-state index contributed by atoms with van der Waals surface area (Å²) in [4.78, 5) is 0. The number of ether oxygens (including phenoxy) is 2. The molecule has 1 fully saturated rings. The van der Waals surface area contributed by atoms with Gasteiger partial charge in [-0.2, -0.15) is 0 Å². The van der Waals surface area contributed by atoms with Crippen molar-refractivity contribution in [1.29, 1.82) is 0 Å². The normalized spacial score (nSPS) is 20.5. The fourth-order valence-electron chi connectivity index (χ4n) is 6.13. The van der Waals surface area contributed by atoms with E-state index in [1.807, 2.05) is 13.8 Å². The average molecular weight is 555 g/mol. The second kappa shape index (κ2) is 24.4. The van der Waals surface area contributed by atoms with Gasteiger partial charge in [-0.15, -0.1) is 0 Å². The van der Waals surface area contributed by atoms with E-state index in [1.165, 1.54) is 128 Å². The summed E-state index contributed by atoms with van der Waals surface area (Å²) < 4.78 is 12.2. The zero-order valence-corrected chi connectivity index (χ0v) is 26.9. The molecule has 0 aromatic rings. The molecule has 0 radical (unpaired) electrons. The number of unbranched alkanes of at least 4 members (excludes halogenated alkanes) is 22. The lowest BCUT2D eigenvalue weighted by Crippen LogP contribution is -2.42. The smallest absolute Gasteiger partial charge is 0.164 e. The van der Waals surface area contributed by atoms with Crippen LogP contribution in [0.3, 0.4) is 0 Å². The molecule has 0 aromatic heterocycles. The van der Waals surface area contributed by atoms with E-state index in [1.54, 1.807) is 0 Å². The molecule has 0 aromatic carbocycles. The van der Waals surface area contributed by atoms with E-state index >= 15 is 0 Å². The molecule has 2 N–H and O–H groups in total. The summed E-state index contributed by atoms with van der Waals surface area (Å²) in [6, 6.07) is 0. The van der Waals surface area contributed by atoms with Gasteiger partial charge in [0.25, 0.3) is 0 Å². The van der Waals surface area contributed by atoms with E-state index in [2.05, 4.69) is 13.8 Å². The Morgan fingerprint density at radius 3 is 0.923 bits per heavy atom. The first-order valence-corrected chi connectivity index (χ1v) is 17.6. The van der Waals surface area contributed by atoms with E-state index in [0.717, 1.165) is 38.5 Å². The van der Waals surface area contributed by atoms with Gasteiger partial charge < -0.3 is 19.7 Å². The second-order valence-electron chi connectivity index (χ2n) is 13.1. The lowest BCUT2D eigenvalue weighted by atomic mass is 9.95. The number of aliphatic hydroxyl groups is 2. The zero-order valence-electron chi connectivity index (χ0n) is 26.9.